The number of aliphatic hydroxyl groups is 1. The second-order valence-electron chi connectivity index (χ2n) is 4.07. The third-order valence-electron chi connectivity index (χ3n) is 2.74. The molecule has 0 amide bonds. The van der Waals surface area contributed by atoms with Crippen LogP contribution in [0, 0.1) is 0 Å². The molecule has 4 heteroatoms. The second-order valence-corrected chi connectivity index (χ2v) is 4.92. The first-order valence-corrected chi connectivity index (χ1v) is 7.41. The van der Waals surface area contributed by atoms with Crippen LogP contribution in [0.2, 0.25) is 0 Å². The fraction of sp³-hybridized carbons (Fsp3) is 0.267. The molecule has 0 aliphatic heterocycles. The fourth-order valence-electron chi connectivity index (χ4n) is 1.76. The van der Waals surface area contributed by atoms with E-state index in [1.165, 1.54) is 0 Å². The summed E-state index contributed by atoms with van der Waals surface area (Å²) >= 11 is 1.63. The Bertz CT molecular complexity index is 535. The zero-order valence-corrected chi connectivity index (χ0v) is 11.9. The van der Waals surface area contributed by atoms with E-state index in [1.807, 2.05) is 43.5 Å². The van der Waals surface area contributed by atoms with E-state index in [-0.39, 0.29) is 6.61 Å². The minimum absolute atomic E-state index is 0.00391. The van der Waals surface area contributed by atoms with Gasteiger partial charge in [0, 0.05) is 16.7 Å². The van der Waals surface area contributed by atoms with Crippen LogP contribution in [-0.4, -0.2) is 16.3 Å². The molecule has 0 spiro atoms. The zero-order chi connectivity index (χ0) is 13.7. The molecule has 1 N–H and O–H groups in total. The van der Waals surface area contributed by atoms with Gasteiger partial charge in [-0.3, -0.25) is 0 Å². The molecule has 0 aliphatic carbocycles. The summed E-state index contributed by atoms with van der Waals surface area (Å²) in [5.41, 5.74) is 1.74. The van der Waals surface area contributed by atoms with E-state index in [0.29, 0.717) is 5.88 Å². The molecule has 1 aromatic carbocycles. The largest absolute Gasteiger partial charge is 0.438 e. The van der Waals surface area contributed by atoms with Gasteiger partial charge in [-0.1, -0.05) is 19.1 Å². The highest BCUT2D eigenvalue weighted by Gasteiger charge is 2.07. The van der Waals surface area contributed by atoms with E-state index in [4.69, 9.17) is 4.74 Å². The van der Waals surface area contributed by atoms with Crippen molar-refractivity contribution < 1.29 is 9.84 Å². The predicted octanol–water partition coefficient (Wildman–Crippen LogP) is 3.65. The van der Waals surface area contributed by atoms with Crippen molar-refractivity contribution in [2.45, 2.75) is 24.8 Å². The molecular weight excluding hydrogens is 258 g/mol. The number of hydrogen-bond acceptors (Lipinski definition) is 4. The Morgan fingerprint density at radius 1 is 1.26 bits per heavy atom. The number of aliphatic hydroxyl groups excluding tert-OH is 1. The monoisotopic (exact) mass is 275 g/mol. The van der Waals surface area contributed by atoms with E-state index >= 15 is 0 Å². The number of ether oxygens (including phenoxy) is 1. The Kier molecular flexibility index (Phi) is 4.82. The van der Waals surface area contributed by atoms with E-state index in [1.54, 1.807) is 17.8 Å². The van der Waals surface area contributed by atoms with Crippen molar-refractivity contribution >= 4 is 11.8 Å². The summed E-state index contributed by atoms with van der Waals surface area (Å²) in [5.74, 6) is 1.32. The molecule has 3 nitrogen and oxygen atoms in total. The Hall–Kier alpha value is -1.52. The maximum absolute atomic E-state index is 9.26. The van der Waals surface area contributed by atoms with Gasteiger partial charge in [-0.05, 0) is 36.4 Å². The highest BCUT2D eigenvalue weighted by atomic mass is 32.2. The average Bonchev–Trinajstić information content (AvgIpc) is 2.47. The molecule has 0 saturated heterocycles. The van der Waals surface area contributed by atoms with Crippen molar-refractivity contribution in [3.8, 4) is 11.6 Å². The van der Waals surface area contributed by atoms with E-state index in [9.17, 15) is 5.11 Å². The minimum atomic E-state index is -0.00391. The van der Waals surface area contributed by atoms with Gasteiger partial charge >= 0.3 is 0 Å². The van der Waals surface area contributed by atoms with Gasteiger partial charge in [-0.2, -0.15) is 0 Å². The van der Waals surface area contributed by atoms with Crippen LogP contribution in [0.3, 0.4) is 0 Å². The Balaban J connectivity index is 2.32. The molecule has 2 rings (SSSR count). The van der Waals surface area contributed by atoms with Crippen LogP contribution < -0.4 is 4.74 Å². The summed E-state index contributed by atoms with van der Waals surface area (Å²) in [6.07, 6.45) is 2.83. The van der Waals surface area contributed by atoms with Gasteiger partial charge in [0.1, 0.15) is 5.75 Å². The van der Waals surface area contributed by atoms with Crippen LogP contribution in [0.1, 0.15) is 18.2 Å². The topological polar surface area (TPSA) is 42.4 Å². The SMILES string of the molecule is CCc1cc(CO)cc(Oc2ccccc2SC)n1. The van der Waals surface area contributed by atoms with Crippen molar-refractivity contribution in [1.29, 1.82) is 0 Å². The van der Waals surface area contributed by atoms with Gasteiger partial charge in [0.25, 0.3) is 0 Å². The smallest absolute Gasteiger partial charge is 0.219 e. The number of nitrogens with zero attached hydrogens (tertiary/aromatic N) is 1. The predicted molar refractivity (Wildman–Crippen MR) is 77.8 cm³/mol. The molecule has 0 saturated carbocycles. The van der Waals surface area contributed by atoms with Crippen molar-refractivity contribution in [3.63, 3.8) is 0 Å². The quantitative estimate of drug-likeness (QED) is 0.846. The summed E-state index contributed by atoms with van der Waals surface area (Å²) in [7, 11) is 0. The molecule has 0 bridgehead atoms. The van der Waals surface area contributed by atoms with Crippen molar-refractivity contribution in [2.24, 2.45) is 0 Å². The molecule has 1 aromatic heterocycles. The maximum Gasteiger partial charge on any atom is 0.219 e. The van der Waals surface area contributed by atoms with Crippen LogP contribution in [-0.2, 0) is 13.0 Å². The van der Waals surface area contributed by atoms with Crippen molar-refractivity contribution in [3.05, 3.63) is 47.7 Å². The summed E-state index contributed by atoms with van der Waals surface area (Å²) < 4.78 is 5.84. The normalized spacial score (nSPS) is 10.5. The van der Waals surface area contributed by atoms with Gasteiger partial charge in [0.05, 0.1) is 6.61 Å². The molecule has 1 heterocycles. The first-order valence-electron chi connectivity index (χ1n) is 6.18. The molecule has 0 atom stereocenters. The van der Waals surface area contributed by atoms with E-state index in [2.05, 4.69) is 4.98 Å². The number of aromatic nitrogens is 1. The van der Waals surface area contributed by atoms with Crippen LogP contribution in [0.4, 0.5) is 0 Å². The highest BCUT2D eigenvalue weighted by molar-refractivity contribution is 7.98. The van der Waals surface area contributed by atoms with Crippen LogP contribution in [0.15, 0.2) is 41.3 Å². The number of aryl methyl sites for hydroxylation is 1. The number of para-hydroxylation sites is 1. The summed E-state index contributed by atoms with van der Waals surface area (Å²) in [4.78, 5) is 5.49. The Morgan fingerprint density at radius 3 is 2.74 bits per heavy atom. The van der Waals surface area contributed by atoms with Crippen LogP contribution >= 0.6 is 11.8 Å². The summed E-state index contributed by atoms with van der Waals surface area (Å²) in [5, 5.41) is 9.26. The number of hydrogen-bond donors (Lipinski definition) is 1. The Labute approximate surface area is 117 Å². The third kappa shape index (κ3) is 3.49. The first-order chi connectivity index (χ1) is 9.26. The second kappa shape index (κ2) is 6.59. The van der Waals surface area contributed by atoms with Gasteiger partial charge < -0.3 is 9.84 Å². The number of pyridine rings is 1. The standard InChI is InChI=1S/C15H17NO2S/c1-3-12-8-11(10-17)9-15(16-12)18-13-6-4-5-7-14(13)19-2/h4-9,17H,3,10H2,1-2H3. The molecule has 0 aliphatic rings. The average molecular weight is 275 g/mol. The minimum Gasteiger partial charge on any atom is -0.438 e. The number of rotatable bonds is 5. The van der Waals surface area contributed by atoms with Crippen molar-refractivity contribution in [2.75, 3.05) is 6.26 Å². The van der Waals surface area contributed by atoms with E-state index in [0.717, 1.165) is 28.3 Å². The molecule has 0 unspecified atom stereocenters. The lowest BCUT2D eigenvalue weighted by molar-refractivity contribution is 0.280. The van der Waals surface area contributed by atoms with Gasteiger partial charge in [0.2, 0.25) is 5.88 Å². The van der Waals surface area contributed by atoms with E-state index < -0.39 is 0 Å². The molecule has 2 aromatic rings. The fourth-order valence-corrected chi connectivity index (χ4v) is 2.29. The molecular formula is C15H17NO2S. The summed E-state index contributed by atoms with van der Waals surface area (Å²) in [6.45, 7) is 2.03. The summed E-state index contributed by atoms with van der Waals surface area (Å²) in [6, 6.07) is 11.5. The highest BCUT2D eigenvalue weighted by Crippen LogP contribution is 2.30. The van der Waals surface area contributed by atoms with Gasteiger partial charge in [-0.15, -0.1) is 11.8 Å². The third-order valence-corrected chi connectivity index (χ3v) is 3.52. The van der Waals surface area contributed by atoms with Crippen LogP contribution in [0.5, 0.6) is 11.6 Å². The zero-order valence-electron chi connectivity index (χ0n) is 11.1. The molecule has 100 valence electrons. The van der Waals surface area contributed by atoms with Gasteiger partial charge in [-0.25, -0.2) is 4.98 Å². The van der Waals surface area contributed by atoms with Crippen molar-refractivity contribution in [1.82, 2.24) is 4.98 Å². The van der Waals surface area contributed by atoms with Crippen LogP contribution in [0.25, 0.3) is 0 Å². The lowest BCUT2D eigenvalue weighted by Crippen LogP contribution is -1.96. The molecule has 0 fully saturated rings. The number of benzene rings is 1. The molecule has 19 heavy (non-hydrogen) atoms. The van der Waals surface area contributed by atoms with Gasteiger partial charge in [0.15, 0.2) is 0 Å². The first kappa shape index (κ1) is 13.9. The molecule has 0 radical (unpaired) electrons. The lowest BCUT2D eigenvalue weighted by Gasteiger charge is -2.10. The maximum atomic E-state index is 9.26. The lowest BCUT2D eigenvalue weighted by atomic mass is 10.2. The Morgan fingerprint density at radius 2 is 2.05 bits per heavy atom. The number of thioether (sulfide) groups is 1.